The van der Waals surface area contributed by atoms with E-state index in [1.165, 1.54) is 0 Å². The van der Waals surface area contributed by atoms with Gasteiger partial charge < -0.3 is 15.4 Å². The van der Waals surface area contributed by atoms with Crippen LogP contribution in [-0.4, -0.2) is 38.8 Å². The molecule has 19 heavy (non-hydrogen) atoms. The molecule has 2 aromatic rings. The first kappa shape index (κ1) is 13.1. The molecule has 0 aliphatic rings. The van der Waals surface area contributed by atoms with Crippen LogP contribution in [0.5, 0.6) is 11.8 Å². The third kappa shape index (κ3) is 3.30. The summed E-state index contributed by atoms with van der Waals surface area (Å²) in [5.41, 5.74) is 5.61. The Morgan fingerprint density at radius 2 is 2.11 bits per heavy atom. The number of nitrogens with two attached hydrogens (primary N) is 1. The van der Waals surface area contributed by atoms with Gasteiger partial charge in [-0.2, -0.15) is 20.1 Å². The van der Waals surface area contributed by atoms with Crippen LogP contribution in [0.1, 0.15) is 13.3 Å². The average molecular weight is 263 g/mol. The lowest BCUT2D eigenvalue weighted by atomic mass is 10.5. The molecule has 0 atom stereocenters. The summed E-state index contributed by atoms with van der Waals surface area (Å²) >= 11 is 0. The van der Waals surface area contributed by atoms with Crippen molar-refractivity contribution >= 4 is 11.9 Å². The van der Waals surface area contributed by atoms with Gasteiger partial charge in [-0.05, 0) is 6.42 Å². The van der Waals surface area contributed by atoms with Crippen LogP contribution in [0.3, 0.4) is 0 Å². The van der Waals surface area contributed by atoms with Gasteiger partial charge in [-0.1, -0.05) is 6.92 Å². The molecule has 0 saturated heterocycles. The molecule has 0 aliphatic heterocycles. The molecule has 2 rings (SSSR count). The summed E-state index contributed by atoms with van der Waals surface area (Å²) in [4.78, 5) is 13.8. The van der Waals surface area contributed by atoms with Crippen LogP contribution in [-0.2, 0) is 6.54 Å². The third-order valence-corrected chi connectivity index (χ3v) is 2.29. The van der Waals surface area contributed by atoms with Gasteiger partial charge >= 0.3 is 6.01 Å². The lowest BCUT2D eigenvalue weighted by Gasteiger charge is -2.10. The molecule has 0 radical (unpaired) electrons. The summed E-state index contributed by atoms with van der Waals surface area (Å²) < 4.78 is 7.32. The van der Waals surface area contributed by atoms with Gasteiger partial charge in [-0.15, -0.1) is 0 Å². The van der Waals surface area contributed by atoms with Crippen LogP contribution in [0.4, 0.5) is 11.9 Å². The minimum absolute atomic E-state index is 0.120. The van der Waals surface area contributed by atoms with E-state index in [4.69, 9.17) is 10.5 Å². The fourth-order valence-corrected chi connectivity index (χ4v) is 1.46. The third-order valence-electron chi connectivity index (χ3n) is 2.29. The normalized spacial score (nSPS) is 10.5. The molecule has 0 aliphatic carbocycles. The first-order chi connectivity index (χ1) is 9.08. The Hall–Kier alpha value is -2.38. The molecule has 2 aromatic heterocycles. The molecule has 8 heteroatoms. The van der Waals surface area contributed by atoms with Gasteiger partial charge in [0, 0.05) is 20.6 Å². The number of anilines is 2. The molecular formula is C11H17N7O. The Bertz CT molecular complexity index is 552. The summed E-state index contributed by atoms with van der Waals surface area (Å²) in [5.74, 6) is 1.14. The second kappa shape index (κ2) is 5.51. The number of nitrogen functional groups attached to an aromatic ring is 1. The zero-order valence-electron chi connectivity index (χ0n) is 11.2. The molecule has 0 unspecified atom stereocenters. The van der Waals surface area contributed by atoms with Crippen molar-refractivity contribution in [1.29, 1.82) is 0 Å². The van der Waals surface area contributed by atoms with E-state index < -0.39 is 0 Å². The van der Waals surface area contributed by atoms with Gasteiger partial charge in [0.05, 0.1) is 12.4 Å². The van der Waals surface area contributed by atoms with Crippen LogP contribution >= 0.6 is 0 Å². The van der Waals surface area contributed by atoms with Crippen molar-refractivity contribution in [3.63, 3.8) is 0 Å². The van der Waals surface area contributed by atoms with E-state index in [-0.39, 0.29) is 12.0 Å². The lowest BCUT2D eigenvalue weighted by molar-refractivity contribution is 0.439. The van der Waals surface area contributed by atoms with Gasteiger partial charge in [0.2, 0.25) is 11.9 Å². The highest BCUT2D eigenvalue weighted by atomic mass is 16.5. The summed E-state index contributed by atoms with van der Waals surface area (Å²) in [6.07, 6.45) is 4.41. The van der Waals surface area contributed by atoms with Gasteiger partial charge in [-0.3, -0.25) is 4.68 Å². The molecule has 0 spiro atoms. The number of aromatic nitrogens is 5. The smallest absolute Gasteiger partial charge is 0.328 e. The Morgan fingerprint density at radius 1 is 1.32 bits per heavy atom. The Labute approximate surface area is 111 Å². The van der Waals surface area contributed by atoms with E-state index in [0.29, 0.717) is 11.7 Å². The van der Waals surface area contributed by atoms with E-state index in [0.717, 1.165) is 13.0 Å². The fraction of sp³-hybridized carbons (Fsp3) is 0.455. The predicted octanol–water partition coefficient (Wildman–Crippen LogP) is 0.919. The van der Waals surface area contributed by atoms with Crippen LogP contribution in [0, 0.1) is 0 Å². The maximum Gasteiger partial charge on any atom is 0.328 e. The van der Waals surface area contributed by atoms with Crippen LogP contribution in [0.15, 0.2) is 12.4 Å². The van der Waals surface area contributed by atoms with E-state index in [1.54, 1.807) is 22.0 Å². The fourth-order valence-electron chi connectivity index (χ4n) is 1.46. The molecule has 2 N–H and O–H groups in total. The molecule has 102 valence electrons. The van der Waals surface area contributed by atoms with E-state index >= 15 is 0 Å². The van der Waals surface area contributed by atoms with Crippen molar-refractivity contribution in [1.82, 2.24) is 24.7 Å². The van der Waals surface area contributed by atoms with Gasteiger partial charge in [-0.25, -0.2) is 0 Å². The number of rotatable bonds is 5. The first-order valence-electron chi connectivity index (χ1n) is 5.97. The number of ether oxygens (including phenoxy) is 1. The quantitative estimate of drug-likeness (QED) is 0.856. The SMILES string of the molecule is CCCn1cc(Oc2nc(N)nc(N(C)C)n2)cn1. The molecule has 0 amide bonds. The van der Waals surface area contributed by atoms with E-state index in [2.05, 4.69) is 27.0 Å². The highest BCUT2D eigenvalue weighted by Crippen LogP contribution is 2.19. The largest absolute Gasteiger partial charge is 0.421 e. The molecule has 0 bridgehead atoms. The maximum atomic E-state index is 5.61. The van der Waals surface area contributed by atoms with Crippen molar-refractivity contribution in [2.24, 2.45) is 0 Å². The molecule has 8 nitrogen and oxygen atoms in total. The zero-order valence-corrected chi connectivity index (χ0v) is 11.2. The first-order valence-corrected chi connectivity index (χ1v) is 5.97. The summed E-state index contributed by atoms with van der Waals surface area (Å²) in [7, 11) is 3.63. The number of hydrogen-bond acceptors (Lipinski definition) is 7. The monoisotopic (exact) mass is 263 g/mol. The highest BCUT2D eigenvalue weighted by molar-refractivity contribution is 5.34. The summed E-state index contributed by atoms with van der Waals surface area (Å²) in [5, 5.41) is 4.16. The summed E-state index contributed by atoms with van der Waals surface area (Å²) in [6, 6.07) is 0.159. The molecule has 0 saturated carbocycles. The second-order valence-corrected chi connectivity index (χ2v) is 4.21. The highest BCUT2D eigenvalue weighted by Gasteiger charge is 2.09. The predicted molar refractivity (Wildman–Crippen MR) is 71.2 cm³/mol. The minimum atomic E-state index is 0.120. The van der Waals surface area contributed by atoms with Gasteiger partial charge in [0.25, 0.3) is 0 Å². The molecule has 0 fully saturated rings. The minimum Gasteiger partial charge on any atom is -0.421 e. The average Bonchev–Trinajstić information content (AvgIpc) is 2.76. The topological polar surface area (TPSA) is 95.0 Å². The molecule has 2 heterocycles. The van der Waals surface area contributed by atoms with Crippen molar-refractivity contribution in [2.75, 3.05) is 24.7 Å². The maximum absolute atomic E-state index is 5.61. The Kier molecular flexibility index (Phi) is 3.79. The number of aryl methyl sites for hydroxylation is 1. The number of hydrogen-bond donors (Lipinski definition) is 1. The number of nitrogens with zero attached hydrogens (tertiary/aromatic N) is 6. The zero-order chi connectivity index (χ0) is 13.8. The van der Waals surface area contributed by atoms with Crippen molar-refractivity contribution < 1.29 is 4.74 Å². The van der Waals surface area contributed by atoms with E-state index in [9.17, 15) is 0 Å². The Balaban J connectivity index is 2.17. The van der Waals surface area contributed by atoms with Gasteiger partial charge in [0.1, 0.15) is 0 Å². The van der Waals surface area contributed by atoms with Crippen LogP contribution in [0.2, 0.25) is 0 Å². The lowest BCUT2D eigenvalue weighted by Crippen LogP contribution is -2.15. The van der Waals surface area contributed by atoms with Crippen LogP contribution < -0.4 is 15.4 Å². The van der Waals surface area contributed by atoms with Crippen molar-refractivity contribution in [3.8, 4) is 11.8 Å². The van der Waals surface area contributed by atoms with Crippen LogP contribution in [0.25, 0.3) is 0 Å². The van der Waals surface area contributed by atoms with Gasteiger partial charge in [0.15, 0.2) is 5.75 Å². The summed E-state index contributed by atoms with van der Waals surface area (Å²) in [6.45, 7) is 2.92. The van der Waals surface area contributed by atoms with E-state index in [1.807, 2.05) is 14.1 Å². The molecule has 0 aromatic carbocycles. The van der Waals surface area contributed by atoms with Crippen molar-refractivity contribution in [2.45, 2.75) is 19.9 Å². The standard InChI is InChI=1S/C11H17N7O/c1-4-5-18-7-8(6-13-18)19-11-15-9(12)14-10(16-11)17(2)3/h6-7H,4-5H2,1-3H3,(H2,12,14,15,16). The molecular weight excluding hydrogens is 246 g/mol. The van der Waals surface area contributed by atoms with Crippen molar-refractivity contribution in [3.05, 3.63) is 12.4 Å². The Morgan fingerprint density at radius 3 is 2.79 bits per heavy atom. The second-order valence-electron chi connectivity index (χ2n) is 4.21.